The molecule has 0 aliphatic rings. The fraction of sp³-hybridized carbons (Fsp3) is 0.704. The topological polar surface area (TPSA) is 104 Å². The fourth-order valence-corrected chi connectivity index (χ4v) is 3.95. The van der Waals surface area contributed by atoms with E-state index in [0.717, 1.165) is 12.0 Å². The van der Waals surface area contributed by atoms with E-state index >= 15 is 0 Å². The Morgan fingerprint density at radius 1 is 0.879 bits per heavy atom. The highest BCUT2D eigenvalue weighted by atomic mass is 16.3. The van der Waals surface area contributed by atoms with E-state index in [1.165, 1.54) is 0 Å². The van der Waals surface area contributed by atoms with Crippen molar-refractivity contribution < 1.29 is 14.7 Å². The van der Waals surface area contributed by atoms with Crippen LogP contribution in [0.5, 0.6) is 0 Å². The number of nitrogens with two attached hydrogens (primary N) is 1. The lowest BCUT2D eigenvalue weighted by molar-refractivity contribution is -0.132. The predicted molar refractivity (Wildman–Crippen MR) is 136 cm³/mol. The number of aliphatic hydroxyl groups excluding tert-OH is 1. The van der Waals surface area contributed by atoms with Crippen molar-refractivity contribution in [3.05, 3.63) is 35.9 Å². The van der Waals surface area contributed by atoms with Crippen LogP contribution in [0.4, 0.5) is 0 Å². The zero-order chi connectivity index (χ0) is 25.0. The van der Waals surface area contributed by atoms with Gasteiger partial charge in [-0.1, -0.05) is 71.9 Å². The Bertz CT molecular complexity index is 691. The number of nitrogens with one attached hydrogen (secondary N) is 2. The minimum Gasteiger partial charge on any atom is -0.391 e. The van der Waals surface area contributed by atoms with Crippen molar-refractivity contribution in [1.29, 1.82) is 0 Å². The number of rotatable bonds is 15. The Balaban J connectivity index is 2.95. The molecule has 0 bridgehead atoms. The molecule has 0 saturated heterocycles. The van der Waals surface area contributed by atoms with Gasteiger partial charge in [-0.3, -0.25) is 9.59 Å². The van der Waals surface area contributed by atoms with Crippen LogP contribution in [-0.2, 0) is 16.0 Å². The number of carbonyl (C=O) groups is 2. The molecule has 6 nitrogen and oxygen atoms in total. The van der Waals surface area contributed by atoms with Crippen LogP contribution in [0.3, 0.4) is 0 Å². The van der Waals surface area contributed by atoms with Crippen LogP contribution in [0, 0.1) is 23.7 Å². The summed E-state index contributed by atoms with van der Waals surface area (Å²) in [6.45, 7) is 13.0. The first kappa shape index (κ1) is 29.1. The maximum atomic E-state index is 13.4. The molecule has 0 saturated carbocycles. The minimum atomic E-state index is -0.782. The molecule has 1 aromatic carbocycles. The lowest BCUT2D eigenvalue weighted by atomic mass is 9.88. The first-order valence-electron chi connectivity index (χ1n) is 12.5. The van der Waals surface area contributed by atoms with Gasteiger partial charge in [-0.2, -0.15) is 0 Å². The third kappa shape index (κ3) is 12.2. The normalized spacial score (nSPS) is 15.4. The molecule has 0 spiro atoms. The summed E-state index contributed by atoms with van der Waals surface area (Å²) >= 11 is 0. The van der Waals surface area contributed by atoms with Gasteiger partial charge >= 0.3 is 0 Å². The number of aliphatic hydroxyl groups is 1. The Morgan fingerprint density at radius 3 is 2.03 bits per heavy atom. The molecule has 4 unspecified atom stereocenters. The minimum absolute atomic E-state index is 0.145. The summed E-state index contributed by atoms with van der Waals surface area (Å²) in [5.41, 5.74) is 7.23. The van der Waals surface area contributed by atoms with Crippen LogP contribution in [0.2, 0.25) is 0 Å². The molecule has 1 rings (SSSR count). The lowest BCUT2D eigenvalue weighted by Gasteiger charge is -2.27. The summed E-state index contributed by atoms with van der Waals surface area (Å²) in [5, 5.41) is 16.7. The van der Waals surface area contributed by atoms with Crippen LogP contribution in [0.1, 0.15) is 72.8 Å². The lowest BCUT2D eigenvalue weighted by Crippen LogP contribution is -2.50. The first-order valence-corrected chi connectivity index (χ1v) is 12.5. The molecular weight excluding hydrogens is 414 g/mol. The van der Waals surface area contributed by atoms with Gasteiger partial charge in [0, 0.05) is 18.5 Å². The van der Waals surface area contributed by atoms with Gasteiger partial charge in [-0.25, -0.2) is 0 Å². The Morgan fingerprint density at radius 2 is 1.48 bits per heavy atom. The van der Waals surface area contributed by atoms with E-state index in [2.05, 4.69) is 38.3 Å². The van der Waals surface area contributed by atoms with Gasteiger partial charge in [-0.05, 0) is 55.4 Å². The molecule has 0 aliphatic heterocycles. The second kappa shape index (κ2) is 15.1. The summed E-state index contributed by atoms with van der Waals surface area (Å²) < 4.78 is 0. The van der Waals surface area contributed by atoms with Gasteiger partial charge in [0.25, 0.3) is 0 Å². The highest BCUT2D eigenvalue weighted by Crippen LogP contribution is 2.19. The number of amides is 2. The average Bonchev–Trinajstić information content (AvgIpc) is 2.72. The van der Waals surface area contributed by atoms with Crippen LogP contribution in [-0.4, -0.2) is 41.7 Å². The van der Waals surface area contributed by atoms with Crippen LogP contribution < -0.4 is 16.4 Å². The zero-order valence-corrected chi connectivity index (χ0v) is 21.5. The average molecular weight is 462 g/mol. The van der Waals surface area contributed by atoms with E-state index in [1.54, 1.807) is 0 Å². The zero-order valence-electron chi connectivity index (χ0n) is 21.5. The van der Waals surface area contributed by atoms with Crippen molar-refractivity contribution in [2.75, 3.05) is 6.54 Å². The third-order valence-corrected chi connectivity index (χ3v) is 5.82. The van der Waals surface area contributed by atoms with Gasteiger partial charge in [0.15, 0.2) is 0 Å². The molecule has 0 radical (unpaired) electrons. The maximum absolute atomic E-state index is 13.4. The van der Waals surface area contributed by atoms with Crippen molar-refractivity contribution >= 4 is 11.8 Å². The SMILES string of the molecule is CC(C)CCNC(=O)C(CC(C)C)NC(=O)C(Cc1ccccc1)CC(O)C(N)CC(C)C. The van der Waals surface area contributed by atoms with Gasteiger partial charge in [-0.15, -0.1) is 0 Å². The van der Waals surface area contributed by atoms with E-state index in [-0.39, 0.29) is 30.2 Å². The number of hydrogen-bond donors (Lipinski definition) is 4. The van der Waals surface area contributed by atoms with Gasteiger partial charge < -0.3 is 21.5 Å². The summed E-state index contributed by atoms with van der Waals surface area (Å²) in [4.78, 5) is 26.2. The van der Waals surface area contributed by atoms with Gasteiger partial charge in [0.1, 0.15) is 6.04 Å². The number of hydrogen-bond acceptors (Lipinski definition) is 4. The third-order valence-electron chi connectivity index (χ3n) is 5.82. The Labute approximate surface area is 201 Å². The van der Waals surface area contributed by atoms with Gasteiger partial charge in [0.2, 0.25) is 11.8 Å². The second-order valence-electron chi connectivity index (χ2n) is 10.6. The molecule has 6 heteroatoms. The van der Waals surface area contributed by atoms with Crippen molar-refractivity contribution in [2.24, 2.45) is 29.4 Å². The Hall–Kier alpha value is -1.92. The summed E-state index contributed by atoms with van der Waals surface area (Å²) in [5.74, 6) is 0.284. The standard InChI is InChI=1S/C27H47N3O3/c1-18(2)12-13-29-27(33)24(15-20(5)6)30-26(32)22(16-21-10-8-7-9-11-21)17-25(31)23(28)14-19(3)4/h7-11,18-20,22-25,31H,12-17,28H2,1-6H3,(H,29,33)(H,30,32). The van der Waals surface area contributed by atoms with Crippen molar-refractivity contribution in [1.82, 2.24) is 10.6 Å². The fourth-order valence-electron chi connectivity index (χ4n) is 3.95. The molecule has 5 N–H and O–H groups in total. The number of carbonyl (C=O) groups excluding carboxylic acids is 2. The van der Waals surface area contributed by atoms with Crippen molar-refractivity contribution in [3.8, 4) is 0 Å². The second-order valence-corrected chi connectivity index (χ2v) is 10.6. The smallest absolute Gasteiger partial charge is 0.242 e. The van der Waals surface area contributed by atoms with E-state index < -0.39 is 18.1 Å². The molecule has 0 aromatic heterocycles. The van der Waals surface area contributed by atoms with E-state index in [4.69, 9.17) is 5.73 Å². The molecule has 33 heavy (non-hydrogen) atoms. The van der Waals surface area contributed by atoms with Crippen LogP contribution >= 0.6 is 0 Å². The monoisotopic (exact) mass is 461 g/mol. The summed E-state index contributed by atoms with van der Waals surface area (Å²) in [7, 11) is 0. The van der Waals surface area contributed by atoms with Crippen LogP contribution in [0.25, 0.3) is 0 Å². The van der Waals surface area contributed by atoms with E-state index in [0.29, 0.717) is 37.6 Å². The quantitative estimate of drug-likeness (QED) is 0.320. The molecule has 0 heterocycles. The highest BCUT2D eigenvalue weighted by molar-refractivity contribution is 5.88. The largest absolute Gasteiger partial charge is 0.391 e. The van der Waals surface area contributed by atoms with Crippen molar-refractivity contribution in [2.45, 2.75) is 91.8 Å². The molecule has 188 valence electrons. The van der Waals surface area contributed by atoms with E-state index in [1.807, 2.05) is 44.2 Å². The van der Waals surface area contributed by atoms with Gasteiger partial charge in [0.05, 0.1) is 6.10 Å². The van der Waals surface area contributed by atoms with E-state index in [9.17, 15) is 14.7 Å². The highest BCUT2D eigenvalue weighted by Gasteiger charge is 2.29. The molecule has 2 amide bonds. The molecule has 4 atom stereocenters. The molecule has 0 fully saturated rings. The van der Waals surface area contributed by atoms with Crippen molar-refractivity contribution in [3.63, 3.8) is 0 Å². The Kier molecular flexibility index (Phi) is 13.3. The summed E-state index contributed by atoms with van der Waals surface area (Å²) in [6, 6.07) is 8.79. The molecular formula is C27H47N3O3. The molecule has 0 aliphatic carbocycles. The molecule has 1 aromatic rings. The maximum Gasteiger partial charge on any atom is 0.242 e. The number of benzene rings is 1. The predicted octanol–water partition coefficient (Wildman–Crippen LogP) is 3.66. The summed E-state index contributed by atoms with van der Waals surface area (Å²) in [6.07, 6.45) is 2.11. The first-order chi connectivity index (χ1) is 15.5. The van der Waals surface area contributed by atoms with Crippen LogP contribution in [0.15, 0.2) is 30.3 Å².